The standard InChI is InChI=1S/C16H16O2S/c1-2-11(10-17)12-7-8-14-16(9-12)19-15-6-4-3-5-13(15)18-14/h3-9,11,17H,2,10H2,1H3. The molecule has 1 atom stereocenters. The third-order valence-electron chi connectivity index (χ3n) is 3.44. The molecule has 0 radical (unpaired) electrons. The van der Waals surface area contributed by atoms with Crippen molar-refractivity contribution in [3.63, 3.8) is 0 Å². The minimum absolute atomic E-state index is 0.192. The fourth-order valence-corrected chi connectivity index (χ4v) is 3.27. The molecule has 2 aromatic carbocycles. The van der Waals surface area contributed by atoms with Gasteiger partial charge in [-0.1, -0.05) is 36.9 Å². The Morgan fingerprint density at radius 3 is 2.68 bits per heavy atom. The molecule has 3 heteroatoms. The van der Waals surface area contributed by atoms with Gasteiger partial charge in [0.15, 0.2) is 0 Å². The van der Waals surface area contributed by atoms with Gasteiger partial charge in [0.1, 0.15) is 11.5 Å². The summed E-state index contributed by atoms with van der Waals surface area (Å²) in [5.41, 5.74) is 1.18. The first-order chi connectivity index (χ1) is 9.31. The molecule has 0 saturated heterocycles. The Balaban J connectivity index is 1.96. The van der Waals surface area contributed by atoms with Crippen LogP contribution < -0.4 is 4.74 Å². The lowest BCUT2D eigenvalue weighted by Gasteiger charge is -2.21. The smallest absolute Gasteiger partial charge is 0.141 e. The van der Waals surface area contributed by atoms with Crippen LogP contribution in [0.1, 0.15) is 24.8 Å². The molecule has 1 aliphatic heterocycles. The highest BCUT2D eigenvalue weighted by Gasteiger charge is 2.19. The van der Waals surface area contributed by atoms with Crippen LogP contribution in [0.4, 0.5) is 0 Å². The molecule has 1 heterocycles. The average Bonchev–Trinajstić information content (AvgIpc) is 2.46. The normalized spacial score (nSPS) is 14.2. The van der Waals surface area contributed by atoms with E-state index >= 15 is 0 Å². The highest BCUT2D eigenvalue weighted by Crippen LogP contribution is 2.47. The number of para-hydroxylation sites is 1. The fraction of sp³-hybridized carbons (Fsp3) is 0.250. The molecule has 0 amide bonds. The molecule has 3 rings (SSSR count). The van der Waals surface area contributed by atoms with E-state index in [1.165, 1.54) is 5.56 Å². The van der Waals surface area contributed by atoms with Crippen molar-refractivity contribution in [1.29, 1.82) is 0 Å². The van der Waals surface area contributed by atoms with Gasteiger partial charge in [-0.25, -0.2) is 0 Å². The lowest BCUT2D eigenvalue weighted by atomic mass is 9.97. The van der Waals surface area contributed by atoms with Crippen molar-refractivity contribution in [1.82, 2.24) is 0 Å². The van der Waals surface area contributed by atoms with Crippen LogP contribution in [-0.2, 0) is 0 Å². The molecule has 98 valence electrons. The van der Waals surface area contributed by atoms with Gasteiger partial charge >= 0.3 is 0 Å². The SMILES string of the molecule is CCC(CO)c1ccc2c(c1)Sc1ccccc1O2. The van der Waals surface area contributed by atoms with Gasteiger partial charge in [0.2, 0.25) is 0 Å². The Kier molecular flexibility index (Phi) is 3.49. The number of hydrogen-bond donors (Lipinski definition) is 1. The van der Waals surface area contributed by atoms with Crippen molar-refractivity contribution < 1.29 is 9.84 Å². The van der Waals surface area contributed by atoms with Crippen LogP contribution in [0.5, 0.6) is 11.5 Å². The molecular weight excluding hydrogens is 256 g/mol. The quantitative estimate of drug-likeness (QED) is 0.765. The monoisotopic (exact) mass is 272 g/mol. The summed E-state index contributed by atoms with van der Waals surface area (Å²) in [5.74, 6) is 2.03. The third kappa shape index (κ3) is 2.36. The Bertz CT molecular complexity index is 591. The summed E-state index contributed by atoms with van der Waals surface area (Å²) >= 11 is 1.73. The molecule has 2 aromatic rings. The molecule has 1 N–H and O–H groups in total. The second-order valence-corrected chi connectivity index (χ2v) is 5.73. The van der Waals surface area contributed by atoms with Crippen molar-refractivity contribution in [3.8, 4) is 11.5 Å². The largest absolute Gasteiger partial charge is 0.455 e. The van der Waals surface area contributed by atoms with E-state index in [1.807, 2.05) is 24.3 Å². The van der Waals surface area contributed by atoms with Crippen molar-refractivity contribution in [2.45, 2.75) is 29.1 Å². The van der Waals surface area contributed by atoms with Crippen LogP contribution in [0.15, 0.2) is 52.3 Å². The number of hydrogen-bond acceptors (Lipinski definition) is 3. The van der Waals surface area contributed by atoms with Crippen LogP contribution in [0.3, 0.4) is 0 Å². The summed E-state index contributed by atoms with van der Waals surface area (Å²) in [6.45, 7) is 2.29. The van der Waals surface area contributed by atoms with Crippen LogP contribution in [0.25, 0.3) is 0 Å². The molecule has 1 aliphatic rings. The lowest BCUT2D eigenvalue weighted by molar-refractivity contribution is 0.262. The zero-order valence-corrected chi connectivity index (χ0v) is 11.6. The van der Waals surface area contributed by atoms with Crippen LogP contribution in [-0.4, -0.2) is 11.7 Å². The van der Waals surface area contributed by atoms with E-state index < -0.39 is 0 Å². The van der Waals surface area contributed by atoms with E-state index in [0.29, 0.717) is 0 Å². The lowest BCUT2D eigenvalue weighted by Crippen LogP contribution is -2.03. The predicted molar refractivity (Wildman–Crippen MR) is 77.2 cm³/mol. The highest BCUT2D eigenvalue weighted by molar-refractivity contribution is 7.99. The molecular formula is C16H16O2S. The second kappa shape index (κ2) is 5.27. The molecule has 0 saturated carbocycles. The Hall–Kier alpha value is -1.45. The van der Waals surface area contributed by atoms with Gasteiger partial charge in [0.25, 0.3) is 0 Å². The molecule has 0 bridgehead atoms. The Morgan fingerprint density at radius 2 is 1.89 bits per heavy atom. The molecule has 0 fully saturated rings. The zero-order chi connectivity index (χ0) is 13.2. The molecule has 0 aliphatic carbocycles. The van der Waals surface area contributed by atoms with E-state index in [9.17, 15) is 5.11 Å². The Labute approximate surface area is 117 Å². The van der Waals surface area contributed by atoms with Gasteiger partial charge in [-0.15, -0.1) is 0 Å². The van der Waals surface area contributed by atoms with Gasteiger partial charge in [-0.3, -0.25) is 0 Å². The number of benzene rings is 2. The van der Waals surface area contributed by atoms with Crippen molar-refractivity contribution >= 4 is 11.8 Å². The van der Waals surface area contributed by atoms with Gasteiger partial charge in [-0.05, 0) is 36.2 Å². The second-order valence-electron chi connectivity index (χ2n) is 4.64. The van der Waals surface area contributed by atoms with E-state index in [-0.39, 0.29) is 12.5 Å². The van der Waals surface area contributed by atoms with E-state index in [0.717, 1.165) is 27.7 Å². The molecule has 2 nitrogen and oxygen atoms in total. The number of aliphatic hydroxyl groups is 1. The molecule has 0 aromatic heterocycles. The van der Waals surface area contributed by atoms with Gasteiger partial charge in [0.05, 0.1) is 9.79 Å². The first-order valence-electron chi connectivity index (χ1n) is 6.51. The van der Waals surface area contributed by atoms with Crippen molar-refractivity contribution in [2.24, 2.45) is 0 Å². The van der Waals surface area contributed by atoms with E-state index in [4.69, 9.17) is 4.74 Å². The van der Waals surface area contributed by atoms with Gasteiger partial charge in [0, 0.05) is 12.5 Å². The predicted octanol–water partition coefficient (Wildman–Crippen LogP) is 4.43. The molecule has 0 spiro atoms. The fourth-order valence-electron chi connectivity index (χ4n) is 2.27. The summed E-state index contributed by atoms with van der Waals surface area (Å²) in [5, 5.41) is 9.40. The minimum atomic E-state index is 0.192. The molecule has 1 unspecified atom stereocenters. The summed E-state index contributed by atoms with van der Waals surface area (Å²) in [6.07, 6.45) is 0.942. The average molecular weight is 272 g/mol. The van der Waals surface area contributed by atoms with Crippen LogP contribution in [0, 0.1) is 0 Å². The van der Waals surface area contributed by atoms with Crippen molar-refractivity contribution in [2.75, 3.05) is 6.61 Å². The third-order valence-corrected chi connectivity index (χ3v) is 4.54. The van der Waals surface area contributed by atoms with Crippen LogP contribution in [0.2, 0.25) is 0 Å². The first-order valence-corrected chi connectivity index (χ1v) is 7.33. The summed E-state index contributed by atoms with van der Waals surface area (Å²) in [6, 6.07) is 14.3. The van der Waals surface area contributed by atoms with Crippen LogP contribution >= 0.6 is 11.8 Å². The van der Waals surface area contributed by atoms with E-state index in [2.05, 4.69) is 25.1 Å². The first kappa shape index (κ1) is 12.6. The Morgan fingerprint density at radius 1 is 1.11 bits per heavy atom. The number of aliphatic hydroxyl groups excluding tert-OH is 1. The summed E-state index contributed by atoms with van der Waals surface area (Å²) in [4.78, 5) is 2.27. The number of fused-ring (bicyclic) bond motifs is 2. The maximum atomic E-state index is 9.40. The maximum absolute atomic E-state index is 9.40. The number of rotatable bonds is 3. The molecule has 19 heavy (non-hydrogen) atoms. The van der Waals surface area contributed by atoms with Crippen molar-refractivity contribution in [3.05, 3.63) is 48.0 Å². The summed E-state index contributed by atoms with van der Waals surface area (Å²) < 4.78 is 5.90. The minimum Gasteiger partial charge on any atom is -0.455 e. The van der Waals surface area contributed by atoms with E-state index in [1.54, 1.807) is 11.8 Å². The maximum Gasteiger partial charge on any atom is 0.141 e. The summed E-state index contributed by atoms with van der Waals surface area (Å²) in [7, 11) is 0. The van der Waals surface area contributed by atoms with Gasteiger partial charge < -0.3 is 9.84 Å². The zero-order valence-electron chi connectivity index (χ0n) is 10.8. The number of ether oxygens (including phenoxy) is 1. The van der Waals surface area contributed by atoms with Gasteiger partial charge in [-0.2, -0.15) is 0 Å². The topological polar surface area (TPSA) is 29.5 Å². The highest BCUT2D eigenvalue weighted by atomic mass is 32.2.